The maximum Gasteiger partial charge on any atom is 0.417 e. The van der Waals surface area contributed by atoms with Crippen LogP contribution in [0.2, 0.25) is 0 Å². The van der Waals surface area contributed by atoms with Gasteiger partial charge in [0.1, 0.15) is 5.84 Å². The largest absolute Gasteiger partial charge is 0.452 e. The summed E-state index contributed by atoms with van der Waals surface area (Å²) < 4.78 is 71.7. The number of aliphatic imine (C=N–C) groups is 1. The molecular formula is C22H22F3N3O5S. The SMILES string of the molecule is O=C(COC(=O)c1ccccc1C(F)(F)F)Nc1cccc(S(=O)(=O)NC2=NCCCCC2)c1. The van der Waals surface area contributed by atoms with Crippen molar-refractivity contribution in [3.8, 4) is 0 Å². The molecule has 34 heavy (non-hydrogen) atoms. The Kier molecular flexibility index (Phi) is 7.92. The standard InChI is InChI=1S/C22H22F3N3O5S/c23-22(24,25)18-10-4-3-9-17(18)21(30)33-14-20(29)27-15-7-6-8-16(13-15)34(31,32)28-19-11-2-1-5-12-26-19/h3-4,6-10,13H,1-2,5,11-12,14H2,(H,26,28)(H,27,29). The molecule has 0 saturated heterocycles. The predicted molar refractivity (Wildman–Crippen MR) is 118 cm³/mol. The van der Waals surface area contributed by atoms with Gasteiger partial charge in [-0.2, -0.15) is 13.2 Å². The van der Waals surface area contributed by atoms with Crippen LogP contribution in [0.3, 0.4) is 0 Å². The highest BCUT2D eigenvalue weighted by atomic mass is 32.2. The first-order chi connectivity index (χ1) is 16.1. The third-order valence-corrected chi connectivity index (χ3v) is 6.22. The van der Waals surface area contributed by atoms with Gasteiger partial charge in [-0.3, -0.25) is 14.5 Å². The van der Waals surface area contributed by atoms with Crippen LogP contribution in [0.15, 0.2) is 58.4 Å². The second kappa shape index (κ2) is 10.7. The van der Waals surface area contributed by atoms with Crippen molar-refractivity contribution < 1.29 is 35.9 Å². The molecule has 3 rings (SSSR count). The van der Waals surface area contributed by atoms with Gasteiger partial charge in [0.25, 0.3) is 15.9 Å². The Hall–Kier alpha value is -3.41. The number of amidine groups is 1. The Labute approximate surface area is 194 Å². The van der Waals surface area contributed by atoms with Gasteiger partial charge in [-0.1, -0.05) is 24.6 Å². The number of hydrogen-bond acceptors (Lipinski definition) is 6. The summed E-state index contributed by atoms with van der Waals surface area (Å²) in [6, 6.07) is 9.42. The van der Waals surface area contributed by atoms with Crippen molar-refractivity contribution in [3.63, 3.8) is 0 Å². The van der Waals surface area contributed by atoms with Crippen molar-refractivity contribution in [3.05, 3.63) is 59.7 Å². The van der Waals surface area contributed by atoms with Crippen molar-refractivity contribution in [1.82, 2.24) is 4.72 Å². The molecule has 0 aliphatic carbocycles. The van der Waals surface area contributed by atoms with Gasteiger partial charge in [0.05, 0.1) is 16.0 Å². The summed E-state index contributed by atoms with van der Waals surface area (Å²) in [6.07, 6.45) is -1.58. The molecule has 1 heterocycles. The van der Waals surface area contributed by atoms with Crippen molar-refractivity contribution in [2.45, 2.75) is 36.8 Å². The zero-order valence-electron chi connectivity index (χ0n) is 17.9. The van der Waals surface area contributed by atoms with Gasteiger partial charge < -0.3 is 10.1 Å². The Morgan fingerprint density at radius 1 is 1.03 bits per heavy atom. The first kappa shape index (κ1) is 25.2. The van der Waals surface area contributed by atoms with E-state index in [0.717, 1.165) is 37.5 Å². The van der Waals surface area contributed by atoms with Crippen LogP contribution in [0.25, 0.3) is 0 Å². The fourth-order valence-corrected chi connectivity index (χ4v) is 4.36. The smallest absolute Gasteiger partial charge is 0.417 e. The molecule has 182 valence electrons. The van der Waals surface area contributed by atoms with Gasteiger partial charge in [-0.15, -0.1) is 0 Å². The lowest BCUT2D eigenvalue weighted by molar-refractivity contribution is -0.138. The van der Waals surface area contributed by atoms with Crippen LogP contribution < -0.4 is 10.0 Å². The lowest BCUT2D eigenvalue weighted by atomic mass is 10.1. The summed E-state index contributed by atoms with van der Waals surface area (Å²) in [5.74, 6) is -1.79. The van der Waals surface area contributed by atoms with Crippen LogP contribution >= 0.6 is 0 Å². The summed E-state index contributed by atoms with van der Waals surface area (Å²) >= 11 is 0. The molecule has 1 aliphatic heterocycles. The van der Waals surface area contributed by atoms with Crippen LogP contribution in [-0.2, 0) is 25.7 Å². The number of nitrogens with one attached hydrogen (secondary N) is 2. The number of hydrogen-bond donors (Lipinski definition) is 2. The summed E-state index contributed by atoms with van der Waals surface area (Å²) in [7, 11) is -3.94. The average Bonchev–Trinajstić information content (AvgIpc) is 3.05. The maximum atomic E-state index is 13.0. The molecular weight excluding hydrogens is 475 g/mol. The molecule has 0 unspecified atom stereocenters. The molecule has 2 N–H and O–H groups in total. The van der Waals surface area contributed by atoms with Crippen molar-refractivity contribution in [2.24, 2.45) is 4.99 Å². The van der Waals surface area contributed by atoms with E-state index in [9.17, 15) is 31.2 Å². The molecule has 0 bridgehead atoms. The number of benzene rings is 2. The van der Waals surface area contributed by atoms with E-state index in [1.807, 2.05) is 0 Å². The van der Waals surface area contributed by atoms with Gasteiger partial charge in [0, 0.05) is 18.7 Å². The number of amides is 1. The summed E-state index contributed by atoms with van der Waals surface area (Å²) in [4.78, 5) is 28.3. The van der Waals surface area contributed by atoms with E-state index >= 15 is 0 Å². The van der Waals surface area contributed by atoms with E-state index in [-0.39, 0.29) is 10.6 Å². The Morgan fingerprint density at radius 2 is 1.79 bits per heavy atom. The number of sulfonamides is 1. The molecule has 1 aliphatic rings. The molecule has 0 atom stereocenters. The predicted octanol–water partition coefficient (Wildman–Crippen LogP) is 3.75. The van der Waals surface area contributed by atoms with Crippen molar-refractivity contribution in [1.29, 1.82) is 0 Å². The maximum absolute atomic E-state index is 13.0. The minimum Gasteiger partial charge on any atom is -0.452 e. The molecule has 8 nitrogen and oxygen atoms in total. The number of esters is 1. The Balaban J connectivity index is 1.62. The number of carbonyl (C=O) groups excluding carboxylic acids is 2. The van der Waals surface area contributed by atoms with Crippen LogP contribution in [0.1, 0.15) is 41.6 Å². The highest BCUT2D eigenvalue weighted by Crippen LogP contribution is 2.32. The number of halogens is 3. The molecule has 2 aromatic carbocycles. The van der Waals surface area contributed by atoms with Crippen LogP contribution in [0.4, 0.5) is 18.9 Å². The van der Waals surface area contributed by atoms with Gasteiger partial charge in [-0.25, -0.2) is 13.2 Å². The number of anilines is 1. The molecule has 0 spiro atoms. The minimum absolute atomic E-state index is 0.0995. The number of rotatable bonds is 6. The fraction of sp³-hybridized carbons (Fsp3) is 0.318. The van der Waals surface area contributed by atoms with E-state index < -0.39 is 45.8 Å². The van der Waals surface area contributed by atoms with Gasteiger partial charge >= 0.3 is 12.1 Å². The molecule has 0 radical (unpaired) electrons. The van der Waals surface area contributed by atoms with Gasteiger partial charge in [-0.05, 0) is 43.2 Å². The number of ether oxygens (including phenoxy) is 1. The summed E-state index contributed by atoms with van der Waals surface area (Å²) in [6.45, 7) is -0.322. The number of alkyl halides is 3. The summed E-state index contributed by atoms with van der Waals surface area (Å²) in [5.41, 5.74) is -1.80. The van der Waals surface area contributed by atoms with Crippen molar-refractivity contribution in [2.75, 3.05) is 18.5 Å². The zero-order chi connectivity index (χ0) is 24.8. The van der Waals surface area contributed by atoms with Gasteiger partial charge in [0.2, 0.25) is 0 Å². The number of nitrogens with zero attached hydrogens (tertiary/aromatic N) is 1. The second-order valence-electron chi connectivity index (χ2n) is 7.44. The van der Waals surface area contributed by atoms with Crippen LogP contribution in [-0.4, -0.2) is 39.3 Å². The monoisotopic (exact) mass is 497 g/mol. The third-order valence-electron chi connectivity index (χ3n) is 4.84. The molecule has 12 heteroatoms. The second-order valence-corrected chi connectivity index (χ2v) is 9.12. The highest BCUT2D eigenvalue weighted by molar-refractivity contribution is 7.90. The lowest BCUT2D eigenvalue weighted by Crippen LogP contribution is -2.30. The van der Waals surface area contributed by atoms with E-state index in [0.29, 0.717) is 18.8 Å². The minimum atomic E-state index is -4.76. The van der Waals surface area contributed by atoms with E-state index in [4.69, 9.17) is 4.74 Å². The van der Waals surface area contributed by atoms with Crippen molar-refractivity contribution >= 4 is 33.4 Å². The molecule has 0 aromatic heterocycles. The third kappa shape index (κ3) is 6.80. The fourth-order valence-electron chi connectivity index (χ4n) is 3.23. The Morgan fingerprint density at radius 3 is 2.56 bits per heavy atom. The van der Waals surface area contributed by atoms with E-state index in [2.05, 4.69) is 15.0 Å². The number of carbonyl (C=O) groups is 2. The van der Waals surface area contributed by atoms with Gasteiger partial charge in [0.15, 0.2) is 6.61 Å². The molecule has 0 fully saturated rings. The Bertz CT molecular complexity index is 1200. The molecule has 1 amide bonds. The first-order valence-corrected chi connectivity index (χ1v) is 11.8. The molecule has 0 saturated carbocycles. The van der Waals surface area contributed by atoms with Crippen LogP contribution in [0, 0.1) is 0 Å². The topological polar surface area (TPSA) is 114 Å². The van der Waals surface area contributed by atoms with E-state index in [1.54, 1.807) is 0 Å². The van der Waals surface area contributed by atoms with E-state index in [1.165, 1.54) is 30.3 Å². The first-order valence-electron chi connectivity index (χ1n) is 10.4. The zero-order valence-corrected chi connectivity index (χ0v) is 18.7. The molecule has 2 aromatic rings. The summed E-state index contributed by atoms with van der Waals surface area (Å²) in [5, 5.41) is 2.36. The van der Waals surface area contributed by atoms with Crippen LogP contribution in [0.5, 0.6) is 0 Å². The quantitative estimate of drug-likeness (QED) is 0.590. The normalized spacial score (nSPS) is 14.5. The average molecular weight is 497 g/mol. The lowest BCUT2D eigenvalue weighted by Gasteiger charge is -2.13. The highest BCUT2D eigenvalue weighted by Gasteiger charge is 2.35.